The molecule has 1 unspecified atom stereocenters. The first-order valence-electron chi connectivity index (χ1n) is 7.31. The quantitative estimate of drug-likeness (QED) is 0.937. The van der Waals surface area contributed by atoms with E-state index < -0.39 is 0 Å². The fourth-order valence-corrected chi connectivity index (χ4v) is 3.70. The lowest BCUT2D eigenvalue weighted by Gasteiger charge is -2.39. The zero-order valence-corrected chi connectivity index (χ0v) is 12.8. The van der Waals surface area contributed by atoms with Gasteiger partial charge >= 0.3 is 0 Å². The first-order chi connectivity index (χ1) is 10.3. The van der Waals surface area contributed by atoms with Gasteiger partial charge in [0.05, 0.1) is 17.9 Å². The van der Waals surface area contributed by atoms with Gasteiger partial charge in [-0.25, -0.2) is 0 Å². The van der Waals surface area contributed by atoms with E-state index in [0.717, 1.165) is 36.7 Å². The highest BCUT2D eigenvalue weighted by atomic mass is 32.1. The molecule has 2 aliphatic rings. The van der Waals surface area contributed by atoms with E-state index in [2.05, 4.69) is 46.8 Å². The number of hydrogen-bond donors (Lipinski definition) is 1. The van der Waals surface area contributed by atoms with E-state index in [9.17, 15) is 0 Å². The SMILES string of the molecule is CCC1CNc2cc3c(cc2N1Cc1cccs1)OCO3. The Morgan fingerprint density at radius 3 is 2.95 bits per heavy atom. The Balaban J connectivity index is 1.73. The van der Waals surface area contributed by atoms with Crippen LogP contribution in [0, 0.1) is 0 Å². The van der Waals surface area contributed by atoms with Crippen LogP contribution in [0.3, 0.4) is 0 Å². The monoisotopic (exact) mass is 302 g/mol. The number of fused-ring (bicyclic) bond motifs is 2. The van der Waals surface area contributed by atoms with E-state index in [1.54, 1.807) is 0 Å². The standard InChI is InChI=1S/C16H18N2O2S/c1-2-11-8-17-13-6-15-16(20-10-19-15)7-14(13)18(11)9-12-4-3-5-21-12/h3-7,11,17H,2,8-10H2,1H3. The highest BCUT2D eigenvalue weighted by molar-refractivity contribution is 7.09. The maximum absolute atomic E-state index is 5.54. The average Bonchev–Trinajstić information content (AvgIpc) is 3.16. The number of anilines is 2. The normalized spacial score (nSPS) is 19.3. The van der Waals surface area contributed by atoms with Gasteiger partial charge in [0.2, 0.25) is 6.79 Å². The summed E-state index contributed by atoms with van der Waals surface area (Å²) in [6.07, 6.45) is 1.12. The lowest BCUT2D eigenvalue weighted by atomic mass is 10.1. The second-order valence-corrected chi connectivity index (χ2v) is 6.41. The Hall–Kier alpha value is -1.88. The summed E-state index contributed by atoms with van der Waals surface area (Å²) in [5, 5.41) is 5.67. The maximum atomic E-state index is 5.54. The third-order valence-corrected chi connectivity index (χ3v) is 5.01. The van der Waals surface area contributed by atoms with Gasteiger partial charge in [0.1, 0.15) is 0 Å². The summed E-state index contributed by atoms with van der Waals surface area (Å²) in [5.74, 6) is 1.69. The molecule has 3 heterocycles. The van der Waals surface area contributed by atoms with Crippen LogP contribution in [0.5, 0.6) is 11.5 Å². The summed E-state index contributed by atoms with van der Waals surface area (Å²) in [5.41, 5.74) is 2.35. The molecule has 21 heavy (non-hydrogen) atoms. The molecule has 110 valence electrons. The Kier molecular flexibility index (Phi) is 3.15. The molecule has 1 N–H and O–H groups in total. The fraction of sp³-hybridized carbons (Fsp3) is 0.375. The van der Waals surface area contributed by atoms with Crippen molar-refractivity contribution in [2.75, 3.05) is 23.6 Å². The molecule has 0 saturated heterocycles. The summed E-state index contributed by atoms with van der Waals surface area (Å²) in [4.78, 5) is 3.87. The molecular weight excluding hydrogens is 284 g/mol. The van der Waals surface area contributed by atoms with Gasteiger partial charge in [-0.3, -0.25) is 0 Å². The lowest BCUT2D eigenvalue weighted by Crippen LogP contribution is -2.43. The number of nitrogens with one attached hydrogen (secondary N) is 1. The Morgan fingerprint density at radius 2 is 2.19 bits per heavy atom. The molecular formula is C16H18N2O2S. The second-order valence-electron chi connectivity index (χ2n) is 5.37. The molecule has 0 bridgehead atoms. The highest BCUT2D eigenvalue weighted by Gasteiger charge is 2.28. The van der Waals surface area contributed by atoms with Crippen LogP contribution in [0.2, 0.25) is 0 Å². The van der Waals surface area contributed by atoms with Gasteiger partial charge < -0.3 is 19.7 Å². The van der Waals surface area contributed by atoms with Crippen molar-refractivity contribution >= 4 is 22.7 Å². The number of benzene rings is 1. The molecule has 1 atom stereocenters. The number of rotatable bonds is 3. The van der Waals surface area contributed by atoms with Crippen LogP contribution in [0.15, 0.2) is 29.6 Å². The molecule has 4 nitrogen and oxygen atoms in total. The summed E-state index contributed by atoms with van der Waals surface area (Å²) >= 11 is 1.81. The van der Waals surface area contributed by atoms with Crippen molar-refractivity contribution in [3.8, 4) is 11.5 Å². The van der Waals surface area contributed by atoms with E-state index >= 15 is 0 Å². The predicted molar refractivity (Wildman–Crippen MR) is 85.6 cm³/mol. The van der Waals surface area contributed by atoms with Gasteiger partial charge in [0.15, 0.2) is 11.5 Å². The van der Waals surface area contributed by atoms with E-state index in [1.807, 2.05) is 11.3 Å². The van der Waals surface area contributed by atoms with Gasteiger partial charge in [0.25, 0.3) is 0 Å². The maximum Gasteiger partial charge on any atom is 0.231 e. The molecule has 2 aliphatic heterocycles. The van der Waals surface area contributed by atoms with Gasteiger partial charge in [-0.1, -0.05) is 13.0 Å². The minimum absolute atomic E-state index is 0.320. The molecule has 0 spiro atoms. The molecule has 0 fully saturated rings. The molecule has 0 amide bonds. The van der Waals surface area contributed by atoms with Crippen LogP contribution in [0.4, 0.5) is 11.4 Å². The lowest BCUT2D eigenvalue weighted by molar-refractivity contribution is 0.174. The minimum Gasteiger partial charge on any atom is -0.454 e. The highest BCUT2D eigenvalue weighted by Crippen LogP contribution is 2.44. The zero-order valence-electron chi connectivity index (χ0n) is 12.0. The summed E-state index contributed by atoms with van der Waals surface area (Å²) in [7, 11) is 0. The number of thiophene rings is 1. The predicted octanol–water partition coefficient (Wildman–Crippen LogP) is 3.69. The van der Waals surface area contributed by atoms with Crippen molar-refractivity contribution in [1.29, 1.82) is 0 Å². The van der Waals surface area contributed by atoms with E-state index in [-0.39, 0.29) is 0 Å². The molecule has 0 radical (unpaired) electrons. The van der Waals surface area contributed by atoms with Gasteiger partial charge in [-0.05, 0) is 17.9 Å². The summed E-state index contributed by atoms with van der Waals surface area (Å²) < 4.78 is 11.0. The Bertz CT molecular complexity index is 642. The molecule has 1 aromatic carbocycles. The van der Waals surface area contributed by atoms with Crippen LogP contribution < -0.4 is 19.7 Å². The van der Waals surface area contributed by atoms with Gasteiger partial charge in [0, 0.05) is 29.6 Å². The molecule has 5 heteroatoms. The van der Waals surface area contributed by atoms with Crippen LogP contribution in [-0.4, -0.2) is 19.4 Å². The van der Waals surface area contributed by atoms with Crippen LogP contribution in [0.25, 0.3) is 0 Å². The fourth-order valence-electron chi connectivity index (χ4n) is 2.99. The smallest absolute Gasteiger partial charge is 0.231 e. The number of hydrogen-bond acceptors (Lipinski definition) is 5. The van der Waals surface area contributed by atoms with Crippen LogP contribution in [-0.2, 0) is 6.54 Å². The van der Waals surface area contributed by atoms with Crippen molar-refractivity contribution in [2.45, 2.75) is 25.9 Å². The van der Waals surface area contributed by atoms with Crippen LogP contribution in [0.1, 0.15) is 18.2 Å². The first-order valence-corrected chi connectivity index (χ1v) is 8.19. The average molecular weight is 302 g/mol. The van der Waals surface area contributed by atoms with Crippen molar-refractivity contribution in [1.82, 2.24) is 0 Å². The Labute approximate surface area is 128 Å². The zero-order chi connectivity index (χ0) is 14.2. The van der Waals surface area contributed by atoms with Gasteiger partial charge in [-0.2, -0.15) is 0 Å². The van der Waals surface area contributed by atoms with Crippen molar-refractivity contribution < 1.29 is 9.47 Å². The molecule has 0 saturated carbocycles. The topological polar surface area (TPSA) is 33.7 Å². The first kappa shape index (κ1) is 12.8. The van der Waals surface area contributed by atoms with Gasteiger partial charge in [-0.15, -0.1) is 11.3 Å². The van der Waals surface area contributed by atoms with E-state index in [1.165, 1.54) is 10.6 Å². The summed E-state index contributed by atoms with van der Waals surface area (Å²) in [6, 6.07) is 8.99. The molecule has 2 aromatic rings. The third kappa shape index (κ3) is 2.21. The molecule has 1 aromatic heterocycles. The largest absolute Gasteiger partial charge is 0.454 e. The third-order valence-electron chi connectivity index (χ3n) is 4.15. The summed E-state index contributed by atoms with van der Waals surface area (Å²) in [6.45, 7) is 4.48. The van der Waals surface area contributed by atoms with Crippen molar-refractivity contribution in [2.24, 2.45) is 0 Å². The van der Waals surface area contributed by atoms with E-state index in [0.29, 0.717) is 12.8 Å². The molecule has 0 aliphatic carbocycles. The number of ether oxygens (including phenoxy) is 2. The van der Waals surface area contributed by atoms with Crippen molar-refractivity contribution in [3.05, 3.63) is 34.5 Å². The number of nitrogens with zero attached hydrogens (tertiary/aromatic N) is 1. The van der Waals surface area contributed by atoms with Crippen molar-refractivity contribution in [3.63, 3.8) is 0 Å². The van der Waals surface area contributed by atoms with E-state index in [4.69, 9.17) is 9.47 Å². The molecule has 4 rings (SSSR count). The van der Waals surface area contributed by atoms with Crippen LogP contribution >= 0.6 is 11.3 Å². The second kappa shape index (κ2) is 5.15. The minimum atomic E-state index is 0.320. The Morgan fingerprint density at radius 1 is 1.33 bits per heavy atom.